The number of alkyl halides is 3. The Hall–Kier alpha value is -3.12. The van der Waals surface area contributed by atoms with Crippen LogP contribution in [0.25, 0.3) is 10.6 Å². The Morgan fingerprint density at radius 3 is 2.57 bits per heavy atom. The summed E-state index contributed by atoms with van der Waals surface area (Å²) in [6.07, 6.45) is -3.59. The van der Waals surface area contributed by atoms with E-state index in [0.29, 0.717) is 0 Å². The molecule has 1 aromatic heterocycles. The molecular formula is C18H14F3N3O4S2. The molecule has 3 rings (SSSR count). The van der Waals surface area contributed by atoms with E-state index in [4.69, 9.17) is 0 Å². The van der Waals surface area contributed by atoms with Gasteiger partial charge < -0.3 is 10.4 Å². The maximum Gasteiger partial charge on any atom is 0.416 e. The Morgan fingerprint density at radius 1 is 1.17 bits per heavy atom. The summed E-state index contributed by atoms with van der Waals surface area (Å²) in [5, 5.41) is 13.8. The topological polar surface area (TPSA) is 108 Å². The minimum atomic E-state index is -4.50. The van der Waals surface area contributed by atoms with E-state index in [1.54, 1.807) is 0 Å². The molecule has 3 aromatic rings. The molecule has 12 heteroatoms. The molecule has 3 N–H and O–H groups in total. The van der Waals surface area contributed by atoms with Gasteiger partial charge in [0.1, 0.15) is 16.5 Å². The minimum Gasteiger partial charge on any atom is -0.506 e. The van der Waals surface area contributed by atoms with E-state index in [0.717, 1.165) is 29.7 Å². The number of benzene rings is 2. The van der Waals surface area contributed by atoms with Crippen molar-refractivity contribution in [2.45, 2.75) is 6.18 Å². The van der Waals surface area contributed by atoms with Gasteiger partial charge in [-0.05, 0) is 30.3 Å². The quantitative estimate of drug-likeness (QED) is 0.394. The van der Waals surface area contributed by atoms with E-state index >= 15 is 0 Å². The van der Waals surface area contributed by atoms with Gasteiger partial charge in [0.25, 0.3) is 5.91 Å². The number of nitrogens with one attached hydrogen (secondary N) is 2. The van der Waals surface area contributed by atoms with Crippen LogP contribution in [0.15, 0.2) is 47.8 Å². The summed E-state index contributed by atoms with van der Waals surface area (Å²) in [6, 6.07) is 8.36. The first-order valence-electron chi connectivity index (χ1n) is 8.18. The maximum atomic E-state index is 12.9. The van der Waals surface area contributed by atoms with Gasteiger partial charge in [-0.1, -0.05) is 12.1 Å². The van der Waals surface area contributed by atoms with Gasteiger partial charge in [-0.25, -0.2) is 13.4 Å². The molecular weight excluding hydrogens is 443 g/mol. The summed E-state index contributed by atoms with van der Waals surface area (Å²) < 4.78 is 63.4. The second kappa shape index (κ2) is 7.95. The first-order chi connectivity index (χ1) is 13.9. The number of anilines is 2. The van der Waals surface area contributed by atoms with Crippen LogP contribution in [0.2, 0.25) is 0 Å². The zero-order valence-corrected chi connectivity index (χ0v) is 16.8. The van der Waals surface area contributed by atoms with Crippen LogP contribution >= 0.6 is 11.3 Å². The molecule has 30 heavy (non-hydrogen) atoms. The zero-order chi connectivity index (χ0) is 22.1. The van der Waals surface area contributed by atoms with Crippen molar-refractivity contribution in [1.29, 1.82) is 0 Å². The Kier molecular flexibility index (Phi) is 5.72. The van der Waals surface area contributed by atoms with Crippen LogP contribution in [0.4, 0.5) is 24.5 Å². The Balaban J connectivity index is 1.80. The number of phenols is 1. The van der Waals surface area contributed by atoms with Crippen molar-refractivity contribution >= 4 is 38.6 Å². The van der Waals surface area contributed by atoms with E-state index in [1.165, 1.54) is 35.7 Å². The highest BCUT2D eigenvalue weighted by atomic mass is 32.2. The van der Waals surface area contributed by atoms with E-state index in [9.17, 15) is 31.5 Å². The summed E-state index contributed by atoms with van der Waals surface area (Å²) in [5.74, 6) is -0.987. The van der Waals surface area contributed by atoms with Gasteiger partial charge in [0, 0.05) is 16.6 Å². The molecule has 1 heterocycles. The summed E-state index contributed by atoms with van der Waals surface area (Å²) in [4.78, 5) is 16.5. The number of hydrogen-bond acceptors (Lipinski definition) is 6. The molecule has 158 valence electrons. The average molecular weight is 457 g/mol. The molecule has 1 amide bonds. The third kappa shape index (κ3) is 5.27. The van der Waals surface area contributed by atoms with Crippen molar-refractivity contribution in [1.82, 2.24) is 4.98 Å². The molecule has 0 radical (unpaired) electrons. The summed E-state index contributed by atoms with van der Waals surface area (Å²) in [7, 11) is -3.65. The molecule has 0 spiro atoms. The van der Waals surface area contributed by atoms with Gasteiger partial charge >= 0.3 is 6.18 Å². The van der Waals surface area contributed by atoms with Gasteiger partial charge in [0.2, 0.25) is 10.0 Å². The number of thiazole rings is 1. The largest absolute Gasteiger partial charge is 0.506 e. The van der Waals surface area contributed by atoms with Crippen LogP contribution < -0.4 is 10.0 Å². The van der Waals surface area contributed by atoms with Crippen molar-refractivity contribution < 1.29 is 31.5 Å². The van der Waals surface area contributed by atoms with Crippen molar-refractivity contribution in [2.75, 3.05) is 16.3 Å². The summed E-state index contributed by atoms with van der Waals surface area (Å²) in [6.45, 7) is 0. The van der Waals surface area contributed by atoms with Crippen molar-refractivity contribution in [3.8, 4) is 16.3 Å². The fourth-order valence-corrected chi connectivity index (χ4v) is 3.79. The van der Waals surface area contributed by atoms with Crippen LogP contribution in [0.3, 0.4) is 0 Å². The molecule has 7 nitrogen and oxygen atoms in total. The van der Waals surface area contributed by atoms with Crippen molar-refractivity contribution in [3.63, 3.8) is 0 Å². The standard InChI is InChI=1S/C18H14F3N3O4S2/c1-30(27,28)24-13-8-12(5-6-15(13)25)22-16(26)14-9-29-17(23-14)10-3-2-4-11(7-10)18(19,20)21/h2-9,24-25H,1H3,(H,22,26). The maximum absolute atomic E-state index is 12.9. The van der Waals surface area contributed by atoms with E-state index in [2.05, 4.69) is 15.0 Å². The normalized spacial score (nSPS) is 11.9. The molecule has 0 aliphatic rings. The van der Waals surface area contributed by atoms with Crippen LogP contribution in [0.5, 0.6) is 5.75 Å². The van der Waals surface area contributed by atoms with E-state index in [1.807, 2.05) is 0 Å². The lowest BCUT2D eigenvalue weighted by molar-refractivity contribution is -0.137. The van der Waals surface area contributed by atoms with E-state index < -0.39 is 27.7 Å². The van der Waals surface area contributed by atoms with Crippen LogP contribution in [0, 0.1) is 0 Å². The van der Waals surface area contributed by atoms with Crippen molar-refractivity contribution in [2.24, 2.45) is 0 Å². The lowest BCUT2D eigenvalue weighted by atomic mass is 10.1. The molecule has 0 unspecified atom stereocenters. The third-order valence-electron chi connectivity index (χ3n) is 3.72. The zero-order valence-electron chi connectivity index (χ0n) is 15.2. The molecule has 0 aliphatic heterocycles. The average Bonchev–Trinajstić information content (AvgIpc) is 3.13. The van der Waals surface area contributed by atoms with Gasteiger partial charge in [-0.2, -0.15) is 13.2 Å². The monoisotopic (exact) mass is 457 g/mol. The number of hydrogen-bond donors (Lipinski definition) is 3. The second-order valence-corrected chi connectivity index (χ2v) is 8.78. The van der Waals surface area contributed by atoms with Gasteiger partial charge in [0.05, 0.1) is 17.5 Å². The third-order valence-corrected chi connectivity index (χ3v) is 5.21. The number of nitrogens with zero attached hydrogens (tertiary/aromatic N) is 1. The van der Waals surface area contributed by atoms with Crippen LogP contribution in [-0.2, 0) is 16.2 Å². The number of phenolic OH excluding ortho intramolecular Hbond substituents is 1. The smallest absolute Gasteiger partial charge is 0.416 e. The number of halogens is 3. The highest BCUT2D eigenvalue weighted by Gasteiger charge is 2.30. The highest BCUT2D eigenvalue weighted by molar-refractivity contribution is 7.92. The number of aromatic hydroxyl groups is 1. The second-order valence-electron chi connectivity index (χ2n) is 6.18. The lowest BCUT2D eigenvalue weighted by Crippen LogP contribution is -2.13. The summed E-state index contributed by atoms with van der Waals surface area (Å²) in [5.41, 5.74) is -0.580. The van der Waals surface area contributed by atoms with Crippen molar-refractivity contribution in [3.05, 3.63) is 59.1 Å². The fourth-order valence-electron chi connectivity index (χ4n) is 2.43. The molecule has 2 aromatic carbocycles. The van der Waals surface area contributed by atoms with Gasteiger partial charge in [-0.3, -0.25) is 9.52 Å². The molecule has 0 fully saturated rings. The highest BCUT2D eigenvalue weighted by Crippen LogP contribution is 2.33. The Bertz CT molecular complexity index is 1210. The first kappa shape index (κ1) is 21.6. The molecule has 0 saturated heterocycles. The lowest BCUT2D eigenvalue weighted by Gasteiger charge is -2.09. The molecule has 0 bridgehead atoms. The predicted molar refractivity (Wildman–Crippen MR) is 107 cm³/mol. The number of amides is 1. The number of carbonyl (C=O) groups is 1. The molecule has 0 aliphatic carbocycles. The number of rotatable bonds is 5. The number of aromatic nitrogens is 1. The number of sulfonamides is 1. The SMILES string of the molecule is CS(=O)(=O)Nc1cc(NC(=O)c2csc(-c3cccc(C(F)(F)F)c3)n2)ccc1O. The summed E-state index contributed by atoms with van der Waals surface area (Å²) >= 11 is 1.00. The number of carbonyl (C=O) groups excluding carboxylic acids is 1. The van der Waals surface area contributed by atoms with Crippen LogP contribution in [0.1, 0.15) is 16.1 Å². The van der Waals surface area contributed by atoms with Gasteiger partial charge in [-0.15, -0.1) is 11.3 Å². The molecule has 0 saturated carbocycles. The predicted octanol–water partition coefficient (Wildman–Crippen LogP) is 4.16. The van der Waals surface area contributed by atoms with E-state index in [-0.39, 0.29) is 33.4 Å². The first-order valence-corrected chi connectivity index (χ1v) is 10.9. The fraction of sp³-hybridized carbons (Fsp3) is 0.111. The Morgan fingerprint density at radius 2 is 1.90 bits per heavy atom. The van der Waals surface area contributed by atoms with Gasteiger partial charge in [0.15, 0.2) is 0 Å². The minimum absolute atomic E-state index is 0.0295. The Labute approximate surface area is 173 Å². The molecule has 0 atom stereocenters. The van der Waals surface area contributed by atoms with Crippen LogP contribution in [-0.4, -0.2) is 30.7 Å².